The molecule has 0 aliphatic carbocycles. The lowest BCUT2D eigenvalue weighted by molar-refractivity contribution is 0.673. The molecule has 0 radical (unpaired) electrons. The number of anilines is 3. The molecule has 1 heterocycles. The van der Waals surface area contributed by atoms with Gasteiger partial charge in [0, 0.05) is 32.6 Å². The highest BCUT2D eigenvalue weighted by Gasteiger charge is 2.23. The fourth-order valence-corrected chi connectivity index (χ4v) is 7.68. The standard InChI is InChI=1S/C48H31NO/c1-2-13-32(14-3-1)36-19-10-20-38(30-36)49(44-25-11-18-34-16-6-7-21-39(34)44)45-31-43-47-40(37-28-27-33-15-4-5-17-35(33)29-37)24-12-26-46(47)50-48(43)42-23-9-8-22-41(42)45/h1-31H. The molecule has 0 atom stereocenters. The van der Waals surface area contributed by atoms with Crippen molar-refractivity contribution in [3.8, 4) is 22.3 Å². The molecule has 0 saturated heterocycles. The highest BCUT2D eigenvalue weighted by Crippen LogP contribution is 2.48. The predicted octanol–water partition coefficient (Wildman–Crippen LogP) is 13.8. The first kappa shape index (κ1) is 28.4. The highest BCUT2D eigenvalue weighted by atomic mass is 16.3. The molecular formula is C48H31NO. The van der Waals surface area contributed by atoms with Gasteiger partial charge in [0.05, 0.1) is 11.4 Å². The summed E-state index contributed by atoms with van der Waals surface area (Å²) in [5.41, 5.74) is 9.81. The minimum atomic E-state index is 0.885. The first-order chi connectivity index (χ1) is 24.8. The maximum Gasteiger partial charge on any atom is 0.143 e. The summed E-state index contributed by atoms with van der Waals surface area (Å²) in [5.74, 6) is 0. The molecule has 0 fully saturated rings. The van der Waals surface area contributed by atoms with Crippen LogP contribution >= 0.6 is 0 Å². The van der Waals surface area contributed by atoms with Crippen molar-refractivity contribution in [1.82, 2.24) is 0 Å². The summed E-state index contributed by atoms with van der Waals surface area (Å²) < 4.78 is 6.79. The van der Waals surface area contributed by atoms with Crippen LogP contribution < -0.4 is 4.90 Å². The lowest BCUT2D eigenvalue weighted by atomic mass is 9.95. The third kappa shape index (κ3) is 4.57. The van der Waals surface area contributed by atoms with E-state index in [1.54, 1.807) is 0 Å². The van der Waals surface area contributed by atoms with E-state index in [1.165, 1.54) is 38.2 Å². The quantitative estimate of drug-likeness (QED) is 0.187. The fourth-order valence-electron chi connectivity index (χ4n) is 7.68. The summed E-state index contributed by atoms with van der Waals surface area (Å²) in [6.07, 6.45) is 0. The predicted molar refractivity (Wildman–Crippen MR) is 212 cm³/mol. The Morgan fingerprint density at radius 3 is 1.92 bits per heavy atom. The van der Waals surface area contributed by atoms with Crippen molar-refractivity contribution in [1.29, 1.82) is 0 Å². The van der Waals surface area contributed by atoms with Gasteiger partial charge in [-0.3, -0.25) is 0 Å². The number of benzene rings is 9. The monoisotopic (exact) mass is 637 g/mol. The molecular weight excluding hydrogens is 607 g/mol. The van der Waals surface area contributed by atoms with Crippen molar-refractivity contribution in [2.75, 3.05) is 4.90 Å². The zero-order valence-corrected chi connectivity index (χ0v) is 27.3. The van der Waals surface area contributed by atoms with Crippen LogP contribution in [0.25, 0.3) is 76.5 Å². The van der Waals surface area contributed by atoms with Crippen LogP contribution in [0.1, 0.15) is 0 Å². The average Bonchev–Trinajstić information content (AvgIpc) is 3.57. The van der Waals surface area contributed by atoms with Gasteiger partial charge >= 0.3 is 0 Å². The van der Waals surface area contributed by atoms with E-state index in [0.717, 1.165) is 55.3 Å². The molecule has 0 saturated carbocycles. The van der Waals surface area contributed by atoms with Crippen LogP contribution in [0.2, 0.25) is 0 Å². The zero-order valence-electron chi connectivity index (χ0n) is 27.3. The number of rotatable bonds is 5. The molecule has 0 spiro atoms. The third-order valence-corrected chi connectivity index (χ3v) is 10.0. The third-order valence-electron chi connectivity index (χ3n) is 10.0. The van der Waals surface area contributed by atoms with Crippen LogP contribution in [0.5, 0.6) is 0 Å². The van der Waals surface area contributed by atoms with Crippen LogP contribution in [0.3, 0.4) is 0 Å². The van der Waals surface area contributed by atoms with Gasteiger partial charge < -0.3 is 9.32 Å². The lowest BCUT2D eigenvalue weighted by Crippen LogP contribution is -2.11. The Hall–Kier alpha value is -6.64. The minimum Gasteiger partial charge on any atom is -0.455 e. The Morgan fingerprint density at radius 1 is 0.360 bits per heavy atom. The summed E-state index contributed by atoms with van der Waals surface area (Å²) in [7, 11) is 0. The maximum absolute atomic E-state index is 6.79. The molecule has 10 rings (SSSR count). The molecule has 0 N–H and O–H groups in total. The first-order valence-corrected chi connectivity index (χ1v) is 17.1. The van der Waals surface area contributed by atoms with E-state index in [9.17, 15) is 0 Å². The number of nitrogens with zero attached hydrogens (tertiary/aromatic N) is 1. The molecule has 0 bridgehead atoms. The smallest absolute Gasteiger partial charge is 0.143 e. The first-order valence-electron chi connectivity index (χ1n) is 17.1. The number of fused-ring (bicyclic) bond motifs is 7. The number of hydrogen-bond donors (Lipinski definition) is 0. The molecule has 0 unspecified atom stereocenters. The normalized spacial score (nSPS) is 11.6. The Morgan fingerprint density at radius 2 is 1.04 bits per heavy atom. The number of hydrogen-bond acceptors (Lipinski definition) is 2. The van der Waals surface area contributed by atoms with Gasteiger partial charge in [0.25, 0.3) is 0 Å². The Labute approximate surface area is 290 Å². The average molecular weight is 638 g/mol. The van der Waals surface area contributed by atoms with Gasteiger partial charge in [-0.15, -0.1) is 0 Å². The van der Waals surface area contributed by atoms with Crippen LogP contribution in [0, 0.1) is 0 Å². The van der Waals surface area contributed by atoms with Crippen molar-refractivity contribution < 1.29 is 4.42 Å². The molecule has 2 nitrogen and oxygen atoms in total. The van der Waals surface area contributed by atoms with E-state index in [1.807, 2.05) is 0 Å². The minimum absolute atomic E-state index is 0.885. The van der Waals surface area contributed by atoms with E-state index in [0.29, 0.717) is 0 Å². The molecule has 2 heteroatoms. The van der Waals surface area contributed by atoms with Crippen molar-refractivity contribution in [2.45, 2.75) is 0 Å². The van der Waals surface area contributed by atoms with E-state index in [4.69, 9.17) is 4.42 Å². The summed E-state index contributed by atoms with van der Waals surface area (Å²) >= 11 is 0. The molecule has 9 aromatic carbocycles. The van der Waals surface area contributed by atoms with Gasteiger partial charge in [0.2, 0.25) is 0 Å². The van der Waals surface area contributed by atoms with E-state index in [2.05, 4.69) is 193 Å². The summed E-state index contributed by atoms with van der Waals surface area (Å²) in [5, 5.41) is 9.29. The second kappa shape index (κ2) is 11.5. The van der Waals surface area contributed by atoms with Crippen LogP contribution in [-0.2, 0) is 0 Å². The molecule has 1 aromatic heterocycles. The van der Waals surface area contributed by atoms with Gasteiger partial charge in [-0.25, -0.2) is 0 Å². The van der Waals surface area contributed by atoms with Crippen molar-refractivity contribution in [2.24, 2.45) is 0 Å². The molecule has 0 amide bonds. The Balaban J connectivity index is 1.30. The highest BCUT2D eigenvalue weighted by molar-refractivity contribution is 6.23. The lowest BCUT2D eigenvalue weighted by Gasteiger charge is -2.28. The van der Waals surface area contributed by atoms with E-state index in [-0.39, 0.29) is 0 Å². The van der Waals surface area contributed by atoms with Gasteiger partial charge in [0.15, 0.2) is 0 Å². The SMILES string of the molecule is c1ccc(-c2cccc(N(c3cccc4ccccc34)c3cc4c(oc5cccc(-c6ccc7ccccc7c6)c54)c4ccccc34)c2)cc1. The second-order valence-corrected chi connectivity index (χ2v) is 12.9. The molecule has 234 valence electrons. The summed E-state index contributed by atoms with van der Waals surface area (Å²) in [4.78, 5) is 2.44. The molecule has 0 aliphatic rings. The number of furan rings is 1. The van der Waals surface area contributed by atoms with Gasteiger partial charge in [-0.1, -0.05) is 152 Å². The second-order valence-electron chi connectivity index (χ2n) is 12.9. The molecule has 10 aromatic rings. The van der Waals surface area contributed by atoms with Gasteiger partial charge in [-0.05, 0) is 74.8 Å². The van der Waals surface area contributed by atoms with Gasteiger partial charge in [-0.2, -0.15) is 0 Å². The largest absolute Gasteiger partial charge is 0.455 e. The molecule has 50 heavy (non-hydrogen) atoms. The Kier molecular flexibility index (Phi) is 6.53. The van der Waals surface area contributed by atoms with Crippen molar-refractivity contribution in [3.05, 3.63) is 188 Å². The van der Waals surface area contributed by atoms with Crippen molar-refractivity contribution >= 4 is 71.3 Å². The zero-order chi connectivity index (χ0) is 33.0. The topological polar surface area (TPSA) is 16.4 Å². The maximum atomic E-state index is 6.79. The molecule has 0 aliphatic heterocycles. The van der Waals surface area contributed by atoms with E-state index < -0.39 is 0 Å². The van der Waals surface area contributed by atoms with Crippen LogP contribution in [0.4, 0.5) is 17.1 Å². The van der Waals surface area contributed by atoms with Crippen molar-refractivity contribution in [3.63, 3.8) is 0 Å². The van der Waals surface area contributed by atoms with Gasteiger partial charge in [0.1, 0.15) is 11.2 Å². The van der Waals surface area contributed by atoms with E-state index >= 15 is 0 Å². The fraction of sp³-hybridized carbons (Fsp3) is 0. The summed E-state index contributed by atoms with van der Waals surface area (Å²) in [6, 6.07) is 67.5. The van der Waals surface area contributed by atoms with Crippen LogP contribution in [0.15, 0.2) is 192 Å². The summed E-state index contributed by atoms with van der Waals surface area (Å²) in [6.45, 7) is 0. The Bertz CT molecular complexity index is 2880. The van der Waals surface area contributed by atoms with Crippen LogP contribution in [-0.4, -0.2) is 0 Å².